The van der Waals surface area contributed by atoms with Gasteiger partial charge in [0.1, 0.15) is 0 Å². The smallest absolute Gasteiger partial charge is 0.0472 e. The van der Waals surface area contributed by atoms with E-state index in [4.69, 9.17) is 10.5 Å². The average molecular weight is 226 g/mol. The van der Waals surface area contributed by atoms with Gasteiger partial charge < -0.3 is 10.5 Å². The quantitative estimate of drug-likeness (QED) is 0.700. The SMILES string of the molecule is C=C(C)CN(CC)CC1(CN)CCOCC1. The monoisotopic (exact) mass is 226 g/mol. The lowest BCUT2D eigenvalue weighted by molar-refractivity contribution is 0.00199. The predicted molar refractivity (Wildman–Crippen MR) is 68.5 cm³/mol. The molecule has 0 aromatic rings. The third-order valence-electron chi connectivity index (χ3n) is 3.49. The van der Waals surface area contributed by atoms with E-state index >= 15 is 0 Å². The Morgan fingerprint density at radius 3 is 2.50 bits per heavy atom. The van der Waals surface area contributed by atoms with Crippen LogP contribution in [0.1, 0.15) is 26.7 Å². The summed E-state index contributed by atoms with van der Waals surface area (Å²) in [6.07, 6.45) is 2.19. The molecular weight excluding hydrogens is 200 g/mol. The molecule has 3 nitrogen and oxygen atoms in total. The van der Waals surface area contributed by atoms with Crippen LogP contribution in [-0.2, 0) is 4.74 Å². The molecular formula is C13H26N2O. The van der Waals surface area contributed by atoms with Crippen LogP contribution in [0.4, 0.5) is 0 Å². The number of hydrogen-bond acceptors (Lipinski definition) is 3. The molecule has 0 bridgehead atoms. The second kappa shape index (κ2) is 6.38. The Kier molecular flexibility index (Phi) is 5.46. The summed E-state index contributed by atoms with van der Waals surface area (Å²) in [5.74, 6) is 0. The Labute approximate surface area is 99.6 Å². The minimum atomic E-state index is 0.268. The van der Waals surface area contributed by atoms with Gasteiger partial charge in [0.25, 0.3) is 0 Å². The zero-order valence-corrected chi connectivity index (χ0v) is 10.8. The molecule has 0 amide bonds. The number of ether oxygens (including phenoxy) is 1. The van der Waals surface area contributed by atoms with E-state index in [1.54, 1.807) is 0 Å². The largest absolute Gasteiger partial charge is 0.381 e. The summed E-state index contributed by atoms with van der Waals surface area (Å²) < 4.78 is 5.43. The van der Waals surface area contributed by atoms with Crippen LogP contribution < -0.4 is 5.73 Å². The highest BCUT2D eigenvalue weighted by atomic mass is 16.5. The van der Waals surface area contributed by atoms with Crippen molar-refractivity contribution in [2.75, 3.05) is 39.4 Å². The van der Waals surface area contributed by atoms with Gasteiger partial charge >= 0.3 is 0 Å². The summed E-state index contributed by atoms with van der Waals surface area (Å²) in [5, 5.41) is 0. The average Bonchev–Trinajstić information content (AvgIpc) is 2.29. The van der Waals surface area contributed by atoms with Crippen molar-refractivity contribution in [2.24, 2.45) is 11.1 Å². The number of rotatable bonds is 6. The maximum absolute atomic E-state index is 5.97. The third-order valence-corrected chi connectivity index (χ3v) is 3.49. The summed E-state index contributed by atoms with van der Waals surface area (Å²) in [7, 11) is 0. The molecule has 1 aliphatic rings. The van der Waals surface area contributed by atoms with Gasteiger partial charge in [-0.25, -0.2) is 0 Å². The minimum absolute atomic E-state index is 0.268. The van der Waals surface area contributed by atoms with Crippen molar-refractivity contribution in [2.45, 2.75) is 26.7 Å². The minimum Gasteiger partial charge on any atom is -0.381 e. The fourth-order valence-corrected chi connectivity index (χ4v) is 2.37. The molecule has 1 aliphatic heterocycles. The third kappa shape index (κ3) is 3.89. The maximum Gasteiger partial charge on any atom is 0.0472 e. The van der Waals surface area contributed by atoms with Gasteiger partial charge in [0, 0.05) is 26.3 Å². The van der Waals surface area contributed by atoms with Gasteiger partial charge in [0.2, 0.25) is 0 Å². The highest BCUT2D eigenvalue weighted by Crippen LogP contribution is 2.30. The second-order valence-electron chi connectivity index (χ2n) is 5.08. The molecule has 0 aliphatic carbocycles. The van der Waals surface area contributed by atoms with Gasteiger partial charge in [0.15, 0.2) is 0 Å². The molecule has 1 saturated heterocycles. The topological polar surface area (TPSA) is 38.5 Å². The van der Waals surface area contributed by atoms with Crippen LogP contribution in [0.25, 0.3) is 0 Å². The Bertz CT molecular complexity index is 222. The summed E-state index contributed by atoms with van der Waals surface area (Å²) in [6, 6.07) is 0. The van der Waals surface area contributed by atoms with Gasteiger partial charge in [-0.2, -0.15) is 0 Å². The molecule has 0 saturated carbocycles. The fraction of sp³-hybridized carbons (Fsp3) is 0.846. The zero-order chi connectivity index (χ0) is 12.0. The van der Waals surface area contributed by atoms with E-state index < -0.39 is 0 Å². The van der Waals surface area contributed by atoms with Gasteiger partial charge in [-0.1, -0.05) is 19.1 Å². The van der Waals surface area contributed by atoms with Crippen molar-refractivity contribution in [3.05, 3.63) is 12.2 Å². The molecule has 0 aromatic carbocycles. The number of nitrogens with two attached hydrogens (primary N) is 1. The van der Waals surface area contributed by atoms with Crippen LogP contribution in [0.3, 0.4) is 0 Å². The summed E-state index contributed by atoms with van der Waals surface area (Å²) in [4.78, 5) is 2.44. The van der Waals surface area contributed by atoms with Crippen molar-refractivity contribution < 1.29 is 4.74 Å². The van der Waals surface area contributed by atoms with Crippen molar-refractivity contribution in [1.82, 2.24) is 4.90 Å². The standard InChI is InChI=1S/C13H26N2O/c1-4-15(9-12(2)3)11-13(10-14)5-7-16-8-6-13/h2,4-11,14H2,1,3H3. The van der Waals surface area contributed by atoms with Crippen LogP contribution in [-0.4, -0.2) is 44.3 Å². The molecule has 0 unspecified atom stereocenters. The van der Waals surface area contributed by atoms with E-state index in [1.165, 1.54) is 5.57 Å². The van der Waals surface area contributed by atoms with Crippen LogP contribution in [0.2, 0.25) is 0 Å². The van der Waals surface area contributed by atoms with Crippen LogP contribution in [0.15, 0.2) is 12.2 Å². The zero-order valence-electron chi connectivity index (χ0n) is 10.8. The lowest BCUT2D eigenvalue weighted by atomic mass is 9.79. The summed E-state index contributed by atoms with van der Waals surface area (Å²) in [5.41, 5.74) is 7.46. The molecule has 0 atom stereocenters. The van der Waals surface area contributed by atoms with Gasteiger partial charge in [-0.05, 0) is 38.3 Å². The highest BCUT2D eigenvalue weighted by Gasteiger charge is 2.32. The van der Waals surface area contributed by atoms with Crippen LogP contribution in [0, 0.1) is 5.41 Å². The Hall–Kier alpha value is -0.380. The lowest BCUT2D eigenvalue weighted by Crippen LogP contribution is -2.46. The Balaban J connectivity index is 2.55. The van der Waals surface area contributed by atoms with Gasteiger partial charge in [0.05, 0.1) is 0 Å². The Morgan fingerprint density at radius 2 is 2.06 bits per heavy atom. The van der Waals surface area contributed by atoms with Crippen molar-refractivity contribution in [3.8, 4) is 0 Å². The number of likely N-dealkylation sites (N-methyl/N-ethyl adjacent to an activating group) is 1. The summed E-state index contributed by atoms with van der Waals surface area (Å²) >= 11 is 0. The van der Waals surface area contributed by atoms with E-state index in [0.717, 1.165) is 52.2 Å². The van der Waals surface area contributed by atoms with Crippen molar-refractivity contribution >= 4 is 0 Å². The predicted octanol–water partition coefficient (Wildman–Crippen LogP) is 1.64. The first kappa shape index (κ1) is 13.7. The lowest BCUT2D eigenvalue weighted by Gasteiger charge is -2.40. The molecule has 3 heteroatoms. The van der Waals surface area contributed by atoms with E-state index in [1.807, 2.05) is 0 Å². The normalized spacial score (nSPS) is 20.0. The Morgan fingerprint density at radius 1 is 1.44 bits per heavy atom. The highest BCUT2D eigenvalue weighted by molar-refractivity contribution is 4.94. The molecule has 94 valence electrons. The van der Waals surface area contributed by atoms with Crippen LogP contribution in [0.5, 0.6) is 0 Å². The maximum atomic E-state index is 5.97. The molecule has 0 radical (unpaired) electrons. The molecule has 1 rings (SSSR count). The van der Waals surface area contributed by atoms with E-state index in [-0.39, 0.29) is 5.41 Å². The number of hydrogen-bond donors (Lipinski definition) is 1. The first-order chi connectivity index (χ1) is 7.62. The van der Waals surface area contributed by atoms with Crippen molar-refractivity contribution in [1.29, 1.82) is 0 Å². The molecule has 1 fully saturated rings. The van der Waals surface area contributed by atoms with E-state index in [2.05, 4.69) is 25.3 Å². The molecule has 1 heterocycles. The molecule has 0 spiro atoms. The van der Waals surface area contributed by atoms with Crippen LogP contribution >= 0.6 is 0 Å². The van der Waals surface area contributed by atoms with E-state index in [0.29, 0.717) is 0 Å². The fourth-order valence-electron chi connectivity index (χ4n) is 2.37. The molecule has 16 heavy (non-hydrogen) atoms. The second-order valence-corrected chi connectivity index (χ2v) is 5.08. The number of nitrogens with zero attached hydrogens (tertiary/aromatic N) is 1. The molecule has 0 aromatic heterocycles. The first-order valence-electron chi connectivity index (χ1n) is 6.26. The van der Waals surface area contributed by atoms with Gasteiger partial charge in [-0.3, -0.25) is 4.90 Å². The van der Waals surface area contributed by atoms with Gasteiger partial charge in [-0.15, -0.1) is 0 Å². The first-order valence-corrected chi connectivity index (χ1v) is 6.26. The van der Waals surface area contributed by atoms with E-state index in [9.17, 15) is 0 Å². The molecule has 2 N–H and O–H groups in total. The van der Waals surface area contributed by atoms with Crippen molar-refractivity contribution in [3.63, 3.8) is 0 Å². The summed E-state index contributed by atoms with van der Waals surface area (Å²) in [6.45, 7) is 13.9.